The van der Waals surface area contributed by atoms with Crippen LogP contribution in [0.1, 0.15) is 45.7 Å². The summed E-state index contributed by atoms with van der Waals surface area (Å²) in [7, 11) is 0. The molecule has 1 aromatic heterocycles. The summed E-state index contributed by atoms with van der Waals surface area (Å²) in [5.74, 6) is 1.63. The first kappa shape index (κ1) is 14.3. The van der Waals surface area contributed by atoms with Crippen LogP contribution in [-0.2, 0) is 6.54 Å². The average molecular weight is 262 g/mol. The molecule has 106 valence electrons. The van der Waals surface area contributed by atoms with Crippen molar-refractivity contribution >= 4 is 5.82 Å². The van der Waals surface area contributed by atoms with E-state index in [9.17, 15) is 0 Å². The number of aromatic nitrogens is 2. The summed E-state index contributed by atoms with van der Waals surface area (Å²) in [5, 5.41) is 3.18. The number of nitrogens with one attached hydrogen (secondary N) is 1. The molecule has 0 radical (unpaired) electrons. The second kappa shape index (κ2) is 6.85. The van der Waals surface area contributed by atoms with Crippen LogP contribution in [0.5, 0.6) is 0 Å². The molecule has 0 amide bonds. The van der Waals surface area contributed by atoms with Crippen molar-refractivity contribution in [2.24, 2.45) is 5.92 Å². The normalized spacial score (nSPS) is 15.2. The van der Waals surface area contributed by atoms with Gasteiger partial charge in [0.05, 0.1) is 18.1 Å². The minimum absolute atomic E-state index is 0.767. The molecule has 1 aliphatic rings. The zero-order valence-electron chi connectivity index (χ0n) is 12.4. The molecule has 1 saturated carbocycles. The van der Waals surface area contributed by atoms with Gasteiger partial charge in [-0.05, 0) is 38.6 Å². The van der Waals surface area contributed by atoms with Crippen molar-refractivity contribution in [3.8, 4) is 0 Å². The highest BCUT2D eigenvalue weighted by Crippen LogP contribution is 2.28. The summed E-state index contributed by atoms with van der Waals surface area (Å²) in [6.07, 6.45) is 7.70. The Hall–Kier alpha value is -1.16. The minimum Gasteiger partial charge on any atom is -0.369 e. The Kier molecular flexibility index (Phi) is 5.14. The first-order valence-electron chi connectivity index (χ1n) is 7.48. The van der Waals surface area contributed by atoms with Gasteiger partial charge in [0.15, 0.2) is 0 Å². The molecule has 0 spiro atoms. The van der Waals surface area contributed by atoms with Crippen LogP contribution < -0.4 is 5.32 Å². The molecule has 19 heavy (non-hydrogen) atoms. The lowest BCUT2D eigenvalue weighted by Gasteiger charge is -2.22. The van der Waals surface area contributed by atoms with E-state index in [2.05, 4.69) is 41.0 Å². The largest absolute Gasteiger partial charge is 0.369 e. The van der Waals surface area contributed by atoms with E-state index in [1.165, 1.54) is 25.8 Å². The van der Waals surface area contributed by atoms with Crippen molar-refractivity contribution in [1.82, 2.24) is 14.9 Å². The third-order valence-corrected chi connectivity index (χ3v) is 3.49. The molecule has 0 saturated heterocycles. The van der Waals surface area contributed by atoms with Gasteiger partial charge in [0.2, 0.25) is 0 Å². The Morgan fingerprint density at radius 3 is 2.63 bits per heavy atom. The van der Waals surface area contributed by atoms with Crippen LogP contribution in [0, 0.1) is 5.92 Å². The van der Waals surface area contributed by atoms with Crippen molar-refractivity contribution in [1.29, 1.82) is 0 Å². The molecule has 0 atom stereocenters. The van der Waals surface area contributed by atoms with Crippen LogP contribution in [0.25, 0.3) is 0 Å². The van der Waals surface area contributed by atoms with E-state index < -0.39 is 0 Å². The van der Waals surface area contributed by atoms with Crippen LogP contribution in [0.2, 0.25) is 0 Å². The average Bonchev–Trinajstić information content (AvgIpc) is 3.21. The van der Waals surface area contributed by atoms with E-state index in [1.807, 2.05) is 12.4 Å². The summed E-state index contributed by atoms with van der Waals surface area (Å²) in [4.78, 5) is 11.5. The first-order chi connectivity index (χ1) is 9.19. The van der Waals surface area contributed by atoms with Gasteiger partial charge in [-0.2, -0.15) is 0 Å². The molecule has 4 heteroatoms. The summed E-state index contributed by atoms with van der Waals surface area (Å²) in [5.41, 5.74) is 1.08. The van der Waals surface area contributed by atoms with E-state index in [1.54, 1.807) is 0 Å². The minimum atomic E-state index is 0.767. The SMILES string of the molecule is CCNc1cnc(CN(CCC(C)C)C2CC2)cn1. The number of nitrogens with zero attached hydrogens (tertiary/aromatic N) is 3. The second-order valence-corrected chi connectivity index (χ2v) is 5.81. The lowest BCUT2D eigenvalue weighted by atomic mass is 10.1. The molecule has 1 aromatic rings. The molecule has 0 aromatic carbocycles. The predicted octanol–water partition coefficient (Wildman–Crippen LogP) is 2.92. The maximum absolute atomic E-state index is 4.51. The number of anilines is 1. The van der Waals surface area contributed by atoms with Crippen molar-refractivity contribution in [2.75, 3.05) is 18.4 Å². The van der Waals surface area contributed by atoms with Gasteiger partial charge in [-0.25, -0.2) is 4.98 Å². The molecule has 0 aliphatic heterocycles. The zero-order chi connectivity index (χ0) is 13.7. The molecule has 1 heterocycles. The number of rotatable bonds is 8. The van der Waals surface area contributed by atoms with E-state index in [0.29, 0.717) is 0 Å². The standard InChI is InChI=1S/C15H26N4/c1-4-16-15-10-17-13(9-18-15)11-19(14-5-6-14)8-7-12(2)3/h9-10,12,14H,4-8,11H2,1-3H3,(H,16,18). The lowest BCUT2D eigenvalue weighted by Crippen LogP contribution is -2.28. The van der Waals surface area contributed by atoms with Crippen LogP contribution >= 0.6 is 0 Å². The van der Waals surface area contributed by atoms with Gasteiger partial charge in [-0.3, -0.25) is 9.88 Å². The van der Waals surface area contributed by atoms with Crippen molar-refractivity contribution < 1.29 is 0 Å². The molecule has 4 nitrogen and oxygen atoms in total. The van der Waals surface area contributed by atoms with Crippen LogP contribution in [0.15, 0.2) is 12.4 Å². The Morgan fingerprint density at radius 1 is 1.32 bits per heavy atom. The molecule has 1 N–H and O–H groups in total. The van der Waals surface area contributed by atoms with Gasteiger partial charge in [0, 0.05) is 19.1 Å². The smallest absolute Gasteiger partial charge is 0.144 e. The second-order valence-electron chi connectivity index (χ2n) is 5.81. The highest BCUT2D eigenvalue weighted by molar-refractivity contribution is 5.30. The van der Waals surface area contributed by atoms with Crippen molar-refractivity contribution in [3.05, 3.63) is 18.1 Å². The number of hydrogen-bond acceptors (Lipinski definition) is 4. The van der Waals surface area contributed by atoms with Crippen LogP contribution in [0.4, 0.5) is 5.82 Å². The monoisotopic (exact) mass is 262 g/mol. The maximum Gasteiger partial charge on any atom is 0.144 e. The Bertz CT molecular complexity index is 370. The third kappa shape index (κ3) is 4.78. The fourth-order valence-corrected chi connectivity index (χ4v) is 2.17. The van der Waals surface area contributed by atoms with Gasteiger partial charge in [-0.15, -0.1) is 0 Å². The highest BCUT2D eigenvalue weighted by Gasteiger charge is 2.28. The van der Waals surface area contributed by atoms with Gasteiger partial charge in [-0.1, -0.05) is 13.8 Å². The summed E-state index contributed by atoms with van der Waals surface area (Å²) in [6.45, 7) is 9.65. The predicted molar refractivity (Wildman–Crippen MR) is 79.1 cm³/mol. The van der Waals surface area contributed by atoms with E-state index in [0.717, 1.165) is 36.6 Å². The summed E-state index contributed by atoms with van der Waals surface area (Å²) in [6, 6.07) is 0.786. The fourth-order valence-electron chi connectivity index (χ4n) is 2.17. The molecule has 1 aliphatic carbocycles. The molecular weight excluding hydrogens is 236 g/mol. The fraction of sp³-hybridized carbons (Fsp3) is 0.733. The molecule has 0 unspecified atom stereocenters. The molecule has 1 fully saturated rings. The van der Waals surface area contributed by atoms with Gasteiger partial charge in [0.25, 0.3) is 0 Å². The maximum atomic E-state index is 4.51. The van der Waals surface area contributed by atoms with Crippen molar-refractivity contribution in [2.45, 2.75) is 52.6 Å². The van der Waals surface area contributed by atoms with Crippen molar-refractivity contribution in [3.63, 3.8) is 0 Å². The Labute approximate surface area is 116 Å². The van der Waals surface area contributed by atoms with Crippen LogP contribution in [-0.4, -0.2) is 34.0 Å². The Morgan fingerprint density at radius 2 is 2.11 bits per heavy atom. The topological polar surface area (TPSA) is 41.1 Å². The lowest BCUT2D eigenvalue weighted by molar-refractivity contribution is 0.236. The molecular formula is C15H26N4. The Balaban J connectivity index is 1.89. The quantitative estimate of drug-likeness (QED) is 0.782. The zero-order valence-corrected chi connectivity index (χ0v) is 12.4. The van der Waals surface area contributed by atoms with Gasteiger partial charge < -0.3 is 5.32 Å². The van der Waals surface area contributed by atoms with E-state index in [4.69, 9.17) is 0 Å². The van der Waals surface area contributed by atoms with Gasteiger partial charge in [0.1, 0.15) is 5.82 Å². The summed E-state index contributed by atoms with van der Waals surface area (Å²) >= 11 is 0. The van der Waals surface area contributed by atoms with E-state index >= 15 is 0 Å². The van der Waals surface area contributed by atoms with Crippen LogP contribution in [0.3, 0.4) is 0 Å². The number of hydrogen-bond donors (Lipinski definition) is 1. The van der Waals surface area contributed by atoms with E-state index in [-0.39, 0.29) is 0 Å². The molecule has 2 rings (SSSR count). The van der Waals surface area contributed by atoms with Gasteiger partial charge >= 0.3 is 0 Å². The third-order valence-electron chi connectivity index (χ3n) is 3.49. The first-order valence-corrected chi connectivity index (χ1v) is 7.48. The highest BCUT2D eigenvalue weighted by atomic mass is 15.2. The summed E-state index contributed by atoms with van der Waals surface area (Å²) < 4.78 is 0. The molecule has 0 bridgehead atoms.